The fourth-order valence-electron chi connectivity index (χ4n) is 4.01. The number of rotatable bonds is 7. The summed E-state index contributed by atoms with van der Waals surface area (Å²) >= 11 is 0. The van der Waals surface area contributed by atoms with Crippen molar-refractivity contribution in [3.8, 4) is 5.75 Å². The maximum atomic E-state index is 11.1. The number of ether oxygens (including phenoxy) is 1. The number of hydrogen-bond acceptors (Lipinski definition) is 4. The summed E-state index contributed by atoms with van der Waals surface area (Å²) < 4.78 is 5.12. The third-order valence-electron chi connectivity index (χ3n) is 5.55. The van der Waals surface area contributed by atoms with E-state index in [1.165, 1.54) is 12.5 Å². The smallest absolute Gasteiger partial charge is 0.302 e. The van der Waals surface area contributed by atoms with Crippen molar-refractivity contribution in [2.45, 2.75) is 71.8 Å². The van der Waals surface area contributed by atoms with E-state index in [2.05, 4.69) is 26.0 Å². The molecule has 0 saturated heterocycles. The van der Waals surface area contributed by atoms with Crippen LogP contribution in [0.3, 0.4) is 0 Å². The minimum atomic E-state index is -0.313. The average molecular weight is 360 g/mol. The summed E-state index contributed by atoms with van der Waals surface area (Å²) in [6.45, 7) is 8.09. The summed E-state index contributed by atoms with van der Waals surface area (Å²) in [6, 6.07) is 3.85. The van der Waals surface area contributed by atoms with Crippen LogP contribution in [0.25, 0.3) is 0 Å². The Hall–Kier alpha value is -1.81. The van der Waals surface area contributed by atoms with Crippen molar-refractivity contribution in [3.05, 3.63) is 40.5 Å². The standard InChI is InChI=1S/C22H32O4/c1-14(12-23)6-5-7-15(2)19-9-8-16(3)22-20(19)10-18(11-21(22)25)13-26-17(4)24/h6,10-11,15-16,19,23,25H,5,7-9,12-13H2,1-4H3/b14-6+/t15-,16+,19-/m0/s1. The molecule has 1 aromatic carbocycles. The Balaban J connectivity index is 2.23. The van der Waals surface area contributed by atoms with Crippen molar-refractivity contribution in [1.82, 2.24) is 0 Å². The van der Waals surface area contributed by atoms with Gasteiger partial charge in [0.05, 0.1) is 6.61 Å². The van der Waals surface area contributed by atoms with E-state index in [0.717, 1.165) is 42.4 Å². The van der Waals surface area contributed by atoms with Gasteiger partial charge in [-0.1, -0.05) is 31.6 Å². The van der Waals surface area contributed by atoms with Crippen molar-refractivity contribution in [2.24, 2.45) is 5.92 Å². The minimum absolute atomic E-state index is 0.117. The molecule has 0 amide bonds. The number of benzene rings is 1. The predicted octanol–water partition coefficient (Wildman–Crippen LogP) is 4.79. The molecule has 4 heteroatoms. The summed E-state index contributed by atoms with van der Waals surface area (Å²) in [6.07, 6.45) is 6.29. The van der Waals surface area contributed by atoms with Gasteiger partial charge in [-0.2, -0.15) is 0 Å². The number of hydrogen-bond donors (Lipinski definition) is 2. The summed E-state index contributed by atoms with van der Waals surface area (Å²) in [5, 5.41) is 19.7. The second kappa shape index (κ2) is 9.22. The highest BCUT2D eigenvalue weighted by Crippen LogP contribution is 2.47. The van der Waals surface area contributed by atoms with Crippen molar-refractivity contribution >= 4 is 5.97 Å². The van der Waals surface area contributed by atoms with Crippen LogP contribution >= 0.6 is 0 Å². The van der Waals surface area contributed by atoms with Crippen LogP contribution in [0.2, 0.25) is 0 Å². The number of fused-ring (bicyclic) bond motifs is 1. The fraction of sp³-hybridized carbons (Fsp3) is 0.591. The highest BCUT2D eigenvalue weighted by atomic mass is 16.5. The van der Waals surface area contributed by atoms with Gasteiger partial charge in [0.25, 0.3) is 0 Å². The molecular formula is C22H32O4. The molecule has 2 N–H and O–H groups in total. The van der Waals surface area contributed by atoms with Crippen molar-refractivity contribution < 1.29 is 19.7 Å². The number of phenolic OH excluding ortho intramolecular Hbond substituents is 1. The second-order valence-electron chi connectivity index (χ2n) is 7.75. The van der Waals surface area contributed by atoms with Gasteiger partial charge in [-0.15, -0.1) is 0 Å². The zero-order chi connectivity index (χ0) is 19.3. The van der Waals surface area contributed by atoms with E-state index in [1.807, 2.05) is 6.92 Å². The maximum absolute atomic E-state index is 11.1. The molecule has 3 atom stereocenters. The Labute approximate surface area is 156 Å². The van der Waals surface area contributed by atoms with Crippen LogP contribution in [-0.2, 0) is 16.1 Å². The number of phenols is 1. The van der Waals surface area contributed by atoms with Crippen LogP contribution in [0.5, 0.6) is 5.75 Å². The van der Waals surface area contributed by atoms with E-state index in [9.17, 15) is 9.90 Å². The van der Waals surface area contributed by atoms with E-state index in [-0.39, 0.29) is 19.2 Å². The van der Waals surface area contributed by atoms with Gasteiger partial charge in [0.2, 0.25) is 0 Å². The molecule has 26 heavy (non-hydrogen) atoms. The highest BCUT2D eigenvalue weighted by Gasteiger charge is 2.30. The Kier molecular flexibility index (Phi) is 7.27. The van der Waals surface area contributed by atoms with Gasteiger partial charge in [-0.25, -0.2) is 0 Å². The lowest BCUT2D eigenvalue weighted by Crippen LogP contribution is -2.19. The Morgan fingerprint density at radius 3 is 2.73 bits per heavy atom. The number of allylic oxidation sites excluding steroid dienone is 1. The zero-order valence-electron chi connectivity index (χ0n) is 16.4. The molecule has 4 nitrogen and oxygen atoms in total. The molecule has 0 saturated carbocycles. The molecule has 0 radical (unpaired) electrons. The van der Waals surface area contributed by atoms with Crippen molar-refractivity contribution in [3.63, 3.8) is 0 Å². The number of carbonyl (C=O) groups is 1. The molecule has 0 aliphatic heterocycles. The molecule has 0 fully saturated rings. The molecule has 0 unspecified atom stereocenters. The molecule has 0 aromatic heterocycles. The molecule has 1 aliphatic carbocycles. The van der Waals surface area contributed by atoms with E-state index in [4.69, 9.17) is 9.84 Å². The predicted molar refractivity (Wildman–Crippen MR) is 103 cm³/mol. The first-order valence-electron chi connectivity index (χ1n) is 9.59. The largest absolute Gasteiger partial charge is 0.508 e. The maximum Gasteiger partial charge on any atom is 0.302 e. The van der Waals surface area contributed by atoms with E-state index >= 15 is 0 Å². The van der Waals surface area contributed by atoms with Gasteiger partial charge in [-0.3, -0.25) is 4.79 Å². The Bertz CT molecular complexity index is 662. The van der Waals surface area contributed by atoms with Crippen molar-refractivity contribution in [2.75, 3.05) is 6.61 Å². The number of aliphatic hydroxyl groups is 1. The molecule has 1 aliphatic rings. The van der Waals surface area contributed by atoms with Gasteiger partial charge in [0.1, 0.15) is 12.4 Å². The van der Waals surface area contributed by atoms with Crippen LogP contribution in [-0.4, -0.2) is 22.8 Å². The zero-order valence-corrected chi connectivity index (χ0v) is 16.4. The number of esters is 1. The van der Waals surface area contributed by atoms with Gasteiger partial charge in [0.15, 0.2) is 0 Å². The SMILES string of the molecule is CC(=O)OCc1cc(O)c2c(c1)[C@H]([C@@H](C)CC/C=C(\C)CO)CC[C@H]2C. The van der Waals surface area contributed by atoms with Crippen LogP contribution in [0.4, 0.5) is 0 Å². The molecule has 0 spiro atoms. The number of carbonyl (C=O) groups excluding carboxylic acids is 1. The fourth-order valence-corrected chi connectivity index (χ4v) is 4.01. The molecular weight excluding hydrogens is 328 g/mol. The van der Waals surface area contributed by atoms with Crippen LogP contribution in [0.15, 0.2) is 23.8 Å². The lowest BCUT2D eigenvalue weighted by Gasteiger charge is -2.34. The van der Waals surface area contributed by atoms with Gasteiger partial charge in [0, 0.05) is 12.5 Å². The molecule has 0 heterocycles. The van der Waals surface area contributed by atoms with Crippen molar-refractivity contribution in [1.29, 1.82) is 0 Å². The summed E-state index contributed by atoms with van der Waals surface area (Å²) in [7, 11) is 0. The minimum Gasteiger partial charge on any atom is -0.508 e. The Morgan fingerprint density at radius 2 is 2.08 bits per heavy atom. The summed E-state index contributed by atoms with van der Waals surface area (Å²) in [5.74, 6) is 1.23. The summed E-state index contributed by atoms with van der Waals surface area (Å²) in [5.41, 5.74) is 4.12. The topological polar surface area (TPSA) is 66.8 Å². The molecule has 0 bridgehead atoms. The number of aromatic hydroxyl groups is 1. The highest BCUT2D eigenvalue weighted by molar-refractivity contribution is 5.66. The average Bonchev–Trinajstić information content (AvgIpc) is 2.59. The van der Waals surface area contributed by atoms with Gasteiger partial charge in [-0.05, 0) is 67.6 Å². The lowest BCUT2D eigenvalue weighted by atomic mass is 9.71. The van der Waals surface area contributed by atoms with Crippen LogP contribution in [0.1, 0.15) is 81.9 Å². The van der Waals surface area contributed by atoms with E-state index in [0.29, 0.717) is 23.5 Å². The van der Waals surface area contributed by atoms with Gasteiger partial charge >= 0.3 is 5.97 Å². The second-order valence-corrected chi connectivity index (χ2v) is 7.75. The molecule has 1 aromatic rings. The quantitative estimate of drug-likeness (QED) is 0.542. The number of aliphatic hydroxyl groups excluding tert-OH is 1. The first-order chi connectivity index (χ1) is 12.3. The van der Waals surface area contributed by atoms with E-state index in [1.54, 1.807) is 6.07 Å². The molecule has 2 rings (SSSR count). The first-order valence-corrected chi connectivity index (χ1v) is 9.59. The third kappa shape index (κ3) is 5.10. The van der Waals surface area contributed by atoms with E-state index < -0.39 is 0 Å². The lowest BCUT2D eigenvalue weighted by molar-refractivity contribution is -0.142. The van der Waals surface area contributed by atoms with Crippen LogP contribution in [0, 0.1) is 5.92 Å². The first kappa shape index (κ1) is 20.5. The Morgan fingerprint density at radius 1 is 1.35 bits per heavy atom. The van der Waals surface area contributed by atoms with Gasteiger partial charge < -0.3 is 14.9 Å². The van der Waals surface area contributed by atoms with Crippen LogP contribution < -0.4 is 0 Å². The monoisotopic (exact) mass is 360 g/mol. The molecule has 144 valence electrons. The third-order valence-corrected chi connectivity index (χ3v) is 5.55. The normalized spacial score (nSPS) is 21.2. The summed E-state index contributed by atoms with van der Waals surface area (Å²) in [4.78, 5) is 11.1.